The number of halogens is 1. The first-order chi connectivity index (χ1) is 19.3. The zero-order valence-electron chi connectivity index (χ0n) is 22.2. The Morgan fingerprint density at radius 3 is 1.93 bits per heavy atom. The maximum absolute atomic E-state index is 16.4. The van der Waals surface area contributed by atoms with E-state index >= 15 is 4.39 Å². The molecule has 0 saturated carbocycles. The molecule has 6 rings (SSSR count). The smallest absolute Gasteiger partial charge is 0.350 e. The third kappa shape index (κ3) is 4.44. The first-order valence-electron chi connectivity index (χ1n) is 13.2. The molecule has 40 heavy (non-hydrogen) atoms. The lowest BCUT2D eigenvalue weighted by Gasteiger charge is -2.36. The second kappa shape index (κ2) is 10.1. The molecule has 3 atom stereocenters. The molecule has 0 unspecified atom stereocenters. The molecule has 2 heterocycles. The van der Waals surface area contributed by atoms with Crippen molar-refractivity contribution < 1.29 is 18.6 Å². The summed E-state index contributed by atoms with van der Waals surface area (Å²) in [5, 5.41) is 0. The van der Waals surface area contributed by atoms with Gasteiger partial charge in [0.1, 0.15) is 35.5 Å². The third-order valence-electron chi connectivity index (χ3n) is 7.49. The van der Waals surface area contributed by atoms with Crippen molar-refractivity contribution in [2.24, 2.45) is 0 Å². The minimum absolute atomic E-state index is 0.0611. The highest BCUT2D eigenvalue weighted by Crippen LogP contribution is 2.49. The predicted molar refractivity (Wildman–Crippen MR) is 149 cm³/mol. The number of aromatic nitrogens is 2. The zero-order valence-corrected chi connectivity index (χ0v) is 22.2. The fraction of sp³-hybridized carbons (Fsp3) is 0.250. The molecule has 8 heteroatoms. The number of nitrogens with zero attached hydrogens (tertiary/aromatic N) is 2. The van der Waals surface area contributed by atoms with E-state index in [4.69, 9.17) is 19.9 Å². The minimum atomic E-state index is -1.06. The van der Waals surface area contributed by atoms with E-state index in [1.54, 1.807) is 13.8 Å². The Kier molecular flexibility index (Phi) is 6.62. The van der Waals surface area contributed by atoms with Gasteiger partial charge in [0.05, 0.1) is 6.61 Å². The molecular formula is C32H30FN3O4. The van der Waals surface area contributed by atoms with Crippen LogP contribution in [-0.4, -0.2) is 34.2 Å². The lowest BCUT2D eigenvalue weighted by atomic mass is 9.80. The van der Waals surface area contributed by atoms with E-state index in [9.17, 15) is 4.79 Å². The van der Waals surface area contributed by atoms with Crippen molar-refractivity contribution in [2.45, 2.75) is 43.5 Å². The topological polar surface area (TPSA) is 88.6 Å². The number of benzene rings is 3. The van der Waals surface area contributed by atoms with Gasteiger partial charge in [-0.15, -0.1) is 0 Å². The van der Waals surface area contributed by atoms with Crippen molar-refractivity contribution in [1.82, 2.24) is 9.55 Å². The number of fused-ring (bicyclic) bond motifs is 1. The van der Waals surface area contributed by atoms with Gasteiger partial charge >= 0.3 is 5.69 Å². The Morgan fingerprint density at radius 2 is 1.43 bits per heavy atom. The van der Waals surface area contributed by atoms with E-state index in [-0.39, 0.29) is 18.0 Å². The molecule has 0 spiro atoms. The van der Waals surface area contributed by atoms with Gasteiger partial charge in [-0.1, -0.05) is 91.0 Å². The second-order valence-corrected chi connectivity index (χ2v) is 10.4. The van der Waals surface area contributed by atoms with Crippen molar-refractivity contribution in [3.63, 3.8) is 0 Å². The summed E-state index contributed by atoms with van der Waals surface area (Å²) >= 11 is 0. The van der Waals surface area contributed by atoms with Gasteiger partial charge in [0.15, 0.2) is 5.79 Å². The van der Waals surface area contributed by atoms with Crippen LogP contribution in [0, 0.1) is 0 Å². The molecule has 7 nitrogen and oxygen atoms in total. The maximum Gasteiger partial charge on any atom is 0.350 e. The molecule has 0 radical (unpaired) electrons. The Hall–Kier alpha value is -4.11. The fourth-order valence-electron chi connectivity index (χ4n) is 5.78. The number of hydrogen-bond acceptors (Lipinski definition) is 6. The van der Waals surface area contributed by atoms with Crippen LogP contribution in [0.2, 0.25) is 0 Å². The van der Waals surface area contributed by atoms with Crippen molar-refractivity contribution in [1.29, 1.82) is 0 Å². The molecule has 0 bridgehead atoms. The molecule has 1 aliphatic carbocycles. The molecular weight excluding hydrogens is 509 g/mol. The Bertz CT molecular complexity index is 1490. The first kappa shape index (κ1) is 26.1. The highest BCUT2D eigenvalue weighted by molar-refractivity contribution is 5.48. The largest absolute Gasteiger partial charge is 0.383 e. The van der Waals surface area contributed by atoms with Crippen LogP contribution in [0.4, 0.5) is 10.2 Å². The predicted octanol–water partition coefficient (Wildman–Crippen LogP) is 5.13. The number of ether oxygens (including phenoxy) is 3. The van der Waals surface area contributed by atoms with Crippen LogP contribution in [-0.2, 0) is 19.8 Å². The number of rotatable bonds is 7. The molecule has 3 aromatic carbocycles. The molecule has 1 saturated heterocycles. The summed E-state index contributed by atoms with van der Waals surface area (Å²) in [6.45, 7) is 3.43. The zero-order chi connectivity index (χ0) is 27.9. The lowest BCUT2D eigenvalue weighted by molar-refractivity contribution is -0.150. The van der Waals surface area contributed by atoms with E-state index in [0.29, 0.717) is 0 Å². The van der Waals surface area contributed by atoms with Gasteiger partial charge < -0.3 is 19.9 Å². The van der Waals surface area contributed by atoms with Gasteiger partial charge in [0, 0.05) is 11.8 Å². The van der Waals surface area contributed by atoms with Gasteiger partial charge in [-0.2, -0.15) is 4.98 Å². The molecule has 1 aliphatic heterocycles. The van der Waals surface area contributed by atoms with Gasteiger partial charge in [-0.3, -0.25) is 4.57 Å². The molecule has 1 aromatic heterocycles. The van der Waals surface area contributed by atoms with Crippen LogP contribution < -0.4 is 11.4 Å². The van der Waals surface area contributed by atoms with Crippen LogP contribution in [0.5, 0.6) is 0 Å². The van der Waals surface area contributed by atoms with Gasteiger partial charge in [-0.05, 0) is 36.6 Å². The summed E-state index contributed by atoms with van der Waals surface area (Å²) in [6.07, 6.45) is -0.104. The molecule has 4 aromatic rings. The van der Waals surface area contributed by atoms with Gasteiger partial charge in [0.25, 0.3) is 0 Å². The molecule has 2 N–H and O–H groups in total. The van der Waals surface area contributed by atoms with Crippen LogP contribution >= 0.6 is 0 Å². The lowest BCUT2D eigenvalue weighted by Crippen LogP contribution is -2.36. The van der Waals surface area contributed by atoms with Crippen LogP contribution in [0.1, 0.15) is 36.6 Å². The van der Waals surface area contributed by atoms with Crippen molar-refractivity contribution >= 4 is 5.82 Å². The van der Waals surface area contributed by atoms with Crippen molar-refractivity contribution in [2.75, 3.05) is 12.3 Å². The van der Waals surface area contributed by atoms with E-state index < -0.39 is 41.2 Å². The quantitative estimate of drug-likeness (QED) is 0.328. The van der Waals surface area contributed by atoms with E-state index in [1.807, 2.05) is 91.0 Å². The third-order valence-corrected chi connectivity index (χ3v) is 7.49. The number of nitrogens with two attached hydrogens (primary N) is 1. The number of anilines is 1. The standard InChI is InChI=1S/C32H30FN3O4/c1-31(2)39-28-24(26(33)27(29(28)40-31)36-19-18-25(34)35-30(36)37)20-38-32(21-12-6-3-7-13-21,22-14-8-4-9-15-22)23-16-10-5-11-17-23/h3-19,27-29H,20H2,1-2H3,(H2,34,35,37)/t27-,28-,29+/m0/s1. The maximum atomic E-state index is 16.4. The average Bonchev–Trinajstić information content (AvgIpc) is 3.40. The molecule has 204 valence electrons. The highest BCUT2D eigenvalue weighted by Gasteiger charge is 2.55. The normalized spacial score (nSPS) is 21.9. The van der Waals surface area contributed by atoms with E-state index in [2.05, 4.69) is 4.98 Å². The first-order valence-corrected chi connectivity index (χ1v) is 13.2. The Balaban J connectivity index is 1.48. The molecule has 2 aliphatic rings. The summed E-state index contributed by atoms with van der Waals surface area (Å²) in [5.74, 6) is -1.46. The summed E-state index contributed by atoms with van der Waals surface area (Å²) in [7, 11) is 0. The summed E-state index contributed by atoms with van der Waals surface area (Å²) in [4.78, 5) is 16.6. The summed E-state index contributed by atoms with van der Waals surface area (Å²) in [6, 6.07) is 30.0. The Morgan fingerprint density at radius 1 is 0.900 bits per heavy atom. The van der Waals surface area contributed by atoms with Crippen LogP contribution in [0.15, 0.2) is 119 Å². The Labute approximate surface area is 231 Å². The van der Waals surface area contributed by atoms with Gasteiger partial charge in [-0.25, -0.2) is 9.18 Å². The average molecular weight is 540 g/mol. The van der Waals surface area contributed by atoms with E-state index in [1.165, 1.54) is 16.8 Å². The summed E-state index contributed by atoms with van der Waals surface area (Å²) < 4.78 is 36.8. The van der Waals surface area contributed by atoms with E-state index in [0.717, 1.165) is 16.7 Å². The monoisotopic (exact) mass is 539 g/mol. The number of hydrogen-bond donors (Lipinski definition) is 1. The molecule has 0 amide bonds. The SMILES string of the molecule is CC1(C)O[C@H]2[C@@H](O1)C(COC(c1ccccc1)(c1ccccc1)c1ccccc1)=C(F)[C@@H]2n1ccc(N)nc1=O. The number of nitrogen functional groups attached to an aromatic ring is 1. The minimum Gasteiger partial charge on any atom is -0.383 e. The van der Waals surface area contributed by atoms with Crippen LogP contribution in [0.25, 0.3) is 0 Å². The summed E-state index contributed by atoms with van der Waals surface area (Å²) in [5.41, 5.74) is 6.93. The second-order valence-electron chi connectivity index (χ2n) is 10.4. The highest BCUT2D eigenvalue weighted by atomic mass is 19.1. The molecule has 1 fully saturated rings. The van der Waals surface area contributed by atoms with Gasteiger partial charge in [0.2, 0.25) is 0 Å². The van der Waals surface area contributed by atoms with Crippen molar-refractivity contribution in [3.8, 4) is 0 Å². The fourth-order valence-corrected chi connectivity index (χ4v) is 5.78. The van der Waals surface area contributed by atoms with Crippen molar-refractivity contribution in [3.05, 3.63) is 142 Å². The van der Waals surface area contributed by atoms with Crippen LogP contribution in [0.3, 0.4) is 0 Å².